The lowest BCUT2D eigenvalue weighted by atomic mass is 9.94. The van der Waals surface area contributed by atoms with Crippen LogP contribution in [-0.4, -0.2) is 37.0 Å². The normalized spacial score (nSPS) is 22.9. The van der Waals surface area contributed by atoms with Gasteiger partial charge in [0.2, 0.25) is 15.9 Å². The summed E-state index contributed by atoms with van der Waals surface area (Å²) in [5.74, 6) is -0.456. The summed E-state index contributed by atoms with van der Waals surface area (Å²) in [5.41, 5.74) is 5.19. The van der Waals surface area contributed by atoms with Gasteiger partial charge in [-0.3, -0.25) is 4.79 Å². The third kappa shape index (κ3) is 3.96. The summed E-state index contributed by atoms with van der Waals surface area (Å²) in [6, 6.07) is -0.639. The molecule has 6 heteroatoms. The van der Waals surface area contributed by atoms with Crippen LogP contribution in [0.2, 0.25) is 0 Å². The van der Waals surface area contributed by atoms with Gasteiger partial charge in [-0.2, -0.15) is 4.31 Å². The summed E-state index contributed by atoms with van der Waals surface area (Å²) in [5, 5.41) is 0. The molecule has 1 atom stereocenters. The van der Waals surface area contributed by atoms with Gasteiger partial charge >= 0.3 is 0 Å². The molecule has 5 nitrogen and oxygen atoms in total. The molecule has 1 aliphatic heterocycles. The molecule has 1 aliphatic rings. The Hall–Kier alpha value is -0.620. The van der Waals surface area contributed by atoms with E-state index in [0.29, 0.717) is 25.8 Å². The van der Waals surface area contributed by atoms with E-state index < -0.39 is 22.0 Å². The predicted molar refractivity (Wildman–Crippen MR) is 66.8 cm³/mol. The Kier molecular flexibility index (Phi) is 4.19. The first-order valence-electron chi connectivity index (χ1n) is 5.92. The molecule has 1 rings (SSSR count). The van der Waals surface area contributed by atoms with Crippen molar-refractivity contribution in [2.24, 2.45) is 11.1 Å². The number of nitrogens with zero attached hydrogens (tertiary/aromatic N) is 1. The minimum absolute atomic E-state index is 0.0327. The van der Waals surface area contributed by atoms with E-state index in [1.807, 2.05) is 20.8 Å². The third-order valence-electron chi connectivity index (χ3n) is 3.00. The Morgan fingerprint density at radius 2 is 2.00 bits per heavy atom. The molecule has 1 saturated heterocycles. The second-order valence-electron chi connectivity index (χ2n) is 5.80. The van der Waals surface area contributed by atoms with Crippen LogP contribution in [0.3, 0.4) is 0 Å². The maximum Gasteiger partial charge on any atom is 0.235 e. The molecule has 0 aromatic rings. The van der Waals surface area contributed by atoms with Crippen molar-refractivity contribution in [2.75, 3.05) is 12.3 Å². The van der Waals surface area contributed by atoms with Crippen molar-refractivity contribution in [3.63, 3.8) is 0 Å². The molecule has 0 saturated carbocycles. The highest BCUT2D eigenvalue weighted by Gasteiger charge is 2.37. The van der Waals surface area contributed by atoms with Crippen molar-refractivity contribution < 1.29 is 13.2 Å². The quantitative estimate of drug-likeness (QED) is 0.810. The molecule has 1 unspecified atom stereocenters. The summed E-state index contributed by atoms with van der Waals surface area (Å²) < 4.78 is 25.5. The molecule has 0 aromatic heterocycles. The van der Waals surface area contributed by atoms with Crippen LogP contribution in [0.4, 0.5) is 0 Å². The zero-order valence-corrected chi connectivity index (χ0v) is 11.6. The molecule has 17 heavy (non-hydrogen) atoms. The first kappa shape index (κ1) is 14.4. The second-order valence-corrected chi connectivity index (χ2v) is 7.84. The van der Waals surface area contributed by atoms with Crippen molar-refractivity contribution in [1.82, 2.24) is 4.31 Å². The summed E-state index contributed by atoms with van der Waals surface area (Å²) >= 11 is 0. The highest BCUT2D eigenvalue weighted by molar-refractivity contribution is 7.89. The average Bonchev–Trinajstić information content (AvgIpc) is 2.62. The lowest BCUT2D eigenvalue weighted by molar-refractivity contribution is -0.121. The van der Waals surface area contributed by atoms with E-state index >= 15 is 0 Å². The number of carbonyl (C=O) groups excluding carboxylic acids is 1. The number of sulfonamides is 1. The number of hydrogen-bond donors (Lipinski definition) is 1. The molecular formula is C11H22N2O3S. The van der Waals surface area contributed by atoms with Crippen molar-refractivity contribution in [3.8, 4) is 0 Å². The average molecular weight is 262 g/mol. The minimum atomic E-state index is -3.35. The third-order valence-corrected chi connectivity index (χ3v) is 4.87. The lowest BCUT2D eigenvalue weighted by Crippen LogP contribution is -2.44. The van der Waals surface area contributed by atoms with E-state index in [2.05, 4.69) is 0 Å². The van der Waals surface area contributed by atoms with Gasteiger partial charge in [-0.25, -0.2) is 8.42 Å². The number of primary amides is 1. The Bertz CT molecular complexity index is 384. The van der Waals surface area contributed by atoms with Gasteiger partial charge in [0, 0.05) is 6.54 Å². The zero-order chi connectivity index (χ0) is 13.3. The van der Waals surface area contributed by atoms with Crippen molar-refractivity contribution in [1.29, 1.82) is 0 Å². The SMILES string of the molecule is CC(C)(C)CCS(=O)(=O)N1CCCC1C(N)=O. The maximum absolute atomic E-state index is 12.1. The summed E-state index contributed by atoms with van der Waals surface area (Å²) in [6.07, 6.45) is 1.84. The minimum Gasteiger partial charge on any atom is -0.368 e. The molecule has 0 radical (unpaired) electrons. The van der Waals surface area contributed by atoms with E-state index in [0.717, 1.165) is 0 Å². The lowest BCUT2D eigenvalue weighted by Gasteiger charge is -2.24. The van der Waals surface area contributed by atoms with Crippen molar-refractivity contribution >= 4 is 15.9 Å². The molecule has 0 aliphatic carbocycles. The van der Waals surface area contributed by atoms with Crippen molar-refractivity contribution in [3.05, 3.63) is 0 Å². The number of nitrogens with two attached hydrogens (primary N) is 1. The summed E-state index contributed by atoms with van der Waals surface area (Å²) in [6.45, 7) is 6.41. The van der Waals surface area contributed by atoms with Gasteiger partial charge in [-0.05, 0) is 24.7 Å². The van der Waals surface area contributed by atoms with E-state index in [9.17, 15) is 13.2 Å². The Balaban J connectivity index is 2.73. The van der Waals surface area contributed by atoms with Crippen LogP contribution in [0.1, 0.15) is 40.0 Å². The Morgan fingerprint density at radius 1 is 1.41 bits per heavy atom. The van der Waals surface area contributed by atoms with Crippen molar-refractivity contribution in [2.45, 2.75) is 46.1 Å². The van der Waals surface area contributed by atoms with Crippen LogP contribution in [0, 0.1) is 5.41 Å². The molecule has 0 aromatic carbocycles. The number of carbonyl (C=O) groups is 1. The first-order chi connectivity index (χ1) is 7.63. The molecule has 1 heterocycles. The standard InChI is InChI=1S/C11H22N2O3S/c1-11(2,3)6-8-17(15,16)13-7-4-5-9(13)10(12)14/h9H,4-8H2,1-3H3,(H2,12,14). The molecule has 0 bridgehead atoms. The van der Waals surface area contributed by atoms with E-state index in [4.69, 9.17) is 5.73 Å². The van der Waals surface area contributed by atoms with Gasteiger partial charge < -0.3 is 5.73 Å². The highest BCUT2D eigenvalue weighted by Crippen LogP contribution is 2.25. The molecular weight excluding hydrogens is 240 g/mol. The van der Waals surface area contributed by atoms with Crippen LogP contribution in [0.15, 0.2) is 0 Å². The van der Waals surface area contributed by atoms with Gasteiger partial charge in [-0.1, -0.05) is 20.8 Å². The van der Waals surface area contributed by atoms with Gasteiger partial charge in [0.15, 0.2) is 0 Å². The predicted octanol–water partition coefficient (Wildman–Crippen LogP) is 0.702. The number of hydrogen-bond acceptors (Lipinski definition) is 3. The van der Waals surface area contributed by atoms with Gasteiger partial charge in [0.25, 0.3) is 0 Å². The molecule has 0 spiro atoms. The fourth-order valence-electron chi connectivity index (χ4n) is 1.91. The summed E-state index contributed by atoms with van der Waals surface area (Å²) in [7, 11) is -3.35. The number of rotatable bonds is 4. The zero-order valence-electron chi connectivity index (χ0n) is 10.8. The van der Waals surface area contributed by atoms with Crippen LogP contribution in [0.5, 0.6) is 0 Å². The topological polar surface area (TPSA) is 80.5 Å². The fourth-order valence-corrected chi connectivity index (χ4v) is 4.02. The molecule has 100 valence electrons. The molecule has 1 fully saturated rings. The van der Waals surface area contributed by atoms with E-state index in [-0.39, 0.29) is 11.2 Å². The smallest absolute Gasteiger partial charge is 0.235 e. The monoisotopic (exact) mass is 262 g/mol. The summed E-state index contributed by atoms with van der Waals surface area (Å²) in [4.78, 5) is 11.2. The van der Waals surface area contributed by atoms with Crippen LogP contribution in [0.25, 0.3) is 0 Å². The van der Waals surface area contributed by atoms with E-state index in [1.54, 1.807) is 0 Å². The second kappa shape index (κ2) is 4.94. The largest absolute Gasteiger partial charge is 0.368 e. The Labute approximate surface area is 103 Å². The highest BCUT2D eigenvalue weighted by atomic mass is 32.2. The Morgan fingerprint density at radius 3 is 2.47 bits per heavy atom. The van der Waals surface area contributed by atoms with Gasteiger partial charge in [0.05, 0.1) is 5.75 Å². The fraction of sp³-hybridized carbons (Fsp3) is 0.909. The molecule has 2 N–H and O–H groups in total. The van der Waals surface area contributed by atoms with E-state index in [1.165, 1.54) is 4.31 Å². The number of amides is 1. The maximum atomic E-state index is 12.1. The van der Waals surface area contributed by atoms with Crippen LogP contribution in [-0.2, 0) is 14.8 Å². The molecule has 1 amide bonds. The van der Waals surface area contributed by atoms with Gasteiger partial charge in [-0.15, -0.1) is 0 Å². The van der Waals surface area contributed by atoms with Crippen LogP contribution >= 0.6 is 0 Å². The first-order valence-corrected chi connectivity index (χ1v) is 7.53. The van der Waals surface area contributed by atoms with Gasteiger partial charge in [0.1, 0.15) is 6.04 Å². The van der Waals surface area contributed by atoms with Crippen LogP contribution < -0.4 is 5.73 Å².